The molecule has 1 saturated heterocycles. The van der Waals surface area contributed by atoms with Crippen molar-refractivity contribution < 1.29 is 9.13 Å². The summed E-state index contributed by atoms with van der Waals surface area (Å²) in [7, 11) is 1.60. The number of rotatable bonds is 8. The minimum Gasteiger partial charge on any atom is -0.497 e. The summed E-state index contributed by atoms with van der Waals surface area (Å²) < 4.78 is 20.6. The Morgan fingerprint density at radius 1 is 0.925 bits per heavy atom. The third-order valence-electron chi connectivity index (χ3n) is 7.45. The van der Waals surface area contributed by atoms with Crippen LogP contribution in [0.2, 0.25) is 0 Å². The van der Waals surface area contributed by atoms with Crippen molar-refractivity contribution in [2.45, 2.75) is 19.1 Å². The van der Waals surface area contributed by atoms with Crippen LogP contribution in [0.4, 0.5) is 4.39 Å². The summed E-state index contributed by atoms with van der Waals surface area (Å²) in [4.78, 5) is 21.3. The first-order chi connectivity index (χ1) is 19.6. The van der Waals surface area contributed by atoms with Crippen molar-refractivity contribution in [1.29, 1.82) is 0 Å². The number of nitrogens with zero attached hydrogens (tertiary/aromatic N) is 6. The Morgan fingerprint density at radius 3 is 2.42 bits per heavy atom. The topological polar surface area (TPSA) is 92.2 Å². The van der Waals surface area contributed by atoms with Crippen molar-refractivity contribution in [2.75, 3.05) is 33.3 Å². The quantitative estimate of drug-likeness (QED) is 0.322. The lowest BCUT2D eigenvalue weighted by molar-refractivity contribution is 0.0998. The van der Waals surface area contributed by atoms with Crippen LogP contribution in [0.3, 0.4) is 0 Å². The van der Waals surface area contributed by atoms with Crippen LogP contribution in [-0.4, -0.2) is 68.3 Å². The van der Waals surface area contributed by atoms with Crippen LogP contribution < -0.4 is 10.3 Å². The van der Waals surface area contributed by atoms with Gasteiger partial charge < -0.3 is 9.72 Å². The zero-order valence-electron chi connectivity index (χ0n) is 22.2. The number of aromatic amines is 1. The third kappa shape index (κ3) is 5.49. The van der Waals surface area contributed by atoms with Gasteiger partial charge in [0.15, 0.2) is 5.82 Å². The molecule has 6 rings (SSSR count). The van der Waals surface area contributed by atoms with Crippen molar-refractivity contribution >= 4 is 10.9 Å². The van der Waals surface area contributed by atoms with Gasteiger partial charge in [0.25, 0.3) is 5.56 Å². The average molecular weight is 540 g/mol. The molecule has 10 heteroatoms. The Labute approximate surface area is 230 Å². The third-order valence-corrected chi connectivity index (χ3v) is 7.45. The van der Waals surface area contributed by atoms with E-state index in [1.54, 1.807) is 23.9 Å². The van der Waals surface area contributed by atoms with Gasteiger partial charge in [-0.15, -0.1) is 5.10 Å². The highest BCUT2D eigenvalue weighted by Crippen LogP contribution is 2.29. The number of piperazine rings is 1. The van der Waals surface area contributed by atoms with Crippen molar-refractivity contribution in [1.82, 2.24) is 35.0 Å². The minimum atomic E-state index is -0.468. The molecule has 0 unspecified atom stereocenters. The van der Waals surface area contributed by atoms with E-state index in [2.05, 4.69) is 54.6 Å². The number of tetrazole rings is 1. The highest BCUT2D eigenvalue weighted by molar-refractivity contribution is 5.80. The number of hydrogen-bond donors (Lipinski definition) is 1. The van der Waals surface area contributed by atoms with E-state index < -0.39 is 6.04 Å². The van der Waals surface area contributed by atoms with Crippen LogP contribution in [0, 0.1) is 5.82 Å². The van der Waals surface area contributed by atoms with Crippen LogP contribution in [-0.2, 0) is 13.1 Å². The van der Waals surface area contributed by atoms with Gasteiger partial charge in [-0.25, -0.2) is 9.07 Å². The number of halogens is 1. The lowest BCUT2D eigenvalue weighted by Crippen LogP contribution is -2.48. The molecule has 1 atom stereocenters. The van der Waals surface area contributed by atoms with Gasteiger partial charge in [-0.1, -0.05) is 42.5 Å². The summed E-state index contributed by atoms with van der Waals surface area (Å²) in [6.45, 7) is 4.39. The average Bonchev–Trinajstić information content (AvgIpc) is 3.43. The van der Waals surface area contributed by atoms with Gasteiger partial charge in [-0.05, 0) is 57.3 Å². The maximum absolute atomic E-state index is 13.6. The summed E-state index contributed by atoms with van der Waals surface area (Å²) in [5.74, 6) is 0.940. The molecule has 5 aromatic rings. The van der Waals surface area contributed by atoms with E-state index in [0.29, 0.717) is 29.2 Å². The Balaban J connectivity index is 1.35. The molecule has 0 spiro atoms. The highest BCUT2D eigenvalue weighted by Gasteiger charge is 2.32. The molecule has 3 aromatic carbocycles. The van der Waals surface area contributed by atoms with Gasteiger partial charge in [0, 0.05) is 44.4 Å². The number of fused-ring (bicyclic) bond motifs is 1. The first-order valence-corrected chi connectivity index (χ1v) is 13.3. The van der Waals surface area contributed by atoms with Gasteiger partial charge in [0.1, 0.15) is 17.6 Å². The molecule has 0 saturated carbocycles. The molecule has 1 aliphatic rings. The van der Waals surface area contributed by atoms with E-state index in [0.717, 1.165) is 43.7 Å². The second-order valence-electron chi connectivity index (χ2n) is 10.0. The van der Waals surface area contributed by atoms with E-state index in [1.165, 1.54) is 17.7 Å². The lowest BCUT2D eigenvalue weighted by atomic mass is 10.0. The molecule has 0 amide bonds. The SMILES string of the molecule is COc1ccc2cc([C@H](c3nnnn3Cc3ccc(F)cc3)N3CCN(Cc4ccccc4)CC3)c(=O)[nH]c2c1. The molecular formula is C30H30FN7O2. The van der Waals surface area contributed by atoms with Crippen LogP contribution in [0.25, 0.3) is 10.9 Å². The fraction of sp³-hybridized carbons (Fsp3) is 0.267. The Hall–Kier alpha value is -4.41. The highest BCUT2D eigenvalue weighted by atomic mass is 19.1. The maximum Gasteiger partial charge on any atom is 0.253 e. The second-order valence-corrected chi connectivity index (χ2v) is 10.0. The smallest absolute Gasteiger partial charge is 0.253 e. The van der Waals surface area contributed by atoms with Gasteiger partial charge >= 0.3 is 0 Å². The normalized spacial score (nSPS) is 15.3. The van der Waals surface area contributed by atoms with Gasteiger partial charge in [0.2, 0.25) is 0 Å². The molecule has 0 bridgehead atoms. The molecule has 1 fully saturated rings. The monoisotopic (exact) mass is 539 g/mol. The number of methoxy groups -OCH3 is 1. The van der Waals surface area contributed by atoms with Crippen molar-refractivity contribution in [3.63, 3.8) is 0 Å². The fourth-order valence-electron chi connectivity index (χ4n) is 5.33. The first-order valence-electron chi connectivity index (χ1n) is 13.3. The molecule has 1 N–H and O–H groups in total. The van der Waals surface area contributed by atoms with Crippen LogP contribution in [0.1, 0.15) is 28.6 Å². The van der Waals surface area contributed by atoms with Crippen LogP contribution >= 0.6 is 0 Å². The maximum atomic E-state index is 13.6. The Morgan fingerprint density at radius 2 is 1.68 bits per heavy atom. The van der Waals surface area contributed by atoms with Gasteiger partial charge in [-0.3, -0.25) is 14.6 Å². The number of pyridine rings is 1. The number of benzene rings is 3. The summed E-state index contributed by atoms with van der Waals surface area (Å²) in [5.41, 5.74) is 3.21. The molecule has 204 valence electrons. The molecule has 2 aromatic heterocycles. The van der Waals surface area contributed by atoms with Crippen molar-refractivity contribution in [3.05, 3.63) is 118 Å². The van der Waals surface area contributed by atoms with E-state index >= 15 is 0 Å². The zero-order chi connectivity index (χ0) is 27.5. The standard InChI is InChI=1S/C30H30FN7O2/c1-40-25-12-9-23-17-26(30(39)32-27(23)18-25)28(29-33-34-35-38(29)20-22-7-10-24(31)11-8-22)37-15-13-36(14-16-37)19-21-5-3-2-4-6-21/h2-12,17-18,28H,13-16,19-20H2,1H3,(H,32,39)/t28-/m1/s1. The molecular weight excluding hydrogens is 509 g/mol. The summed E-state index contributed by atoms with van der Waals surface area (Å²) in [6, 6.07) is 23.8. The summed E-state index contributed by atoms with van der Waals surface area (Å²) in [5, 5.41) is 13.5. The van der Waals surface area contributed by atoms with Crippen molar-refractivity contribution in [2.24, 2.45) is 0 Å². The summed E-state index contributed by atoms with van der Waals surface area (Å²) >= 11 is 0. The number of hydrogen-bond acceptors (Lipinski definition) is 7. The predicted molar refractivity (Wildman–Crippen MR) is 150 cm³/mol. The molecule has 1 aliphatic heterocycles. The van der Waals surface area contributed by atoms with Crippen LogP contribution in [0.5, 0.6) is 5.75 Å². The Bertz CT molecular complexity index is 1640. The molecule has 3 heterocycles. The Kier molecular flexibility index (Phi) is 7.35. The van der Waals surface area contributed by atoms with Gasteiger partial charge in [-0.2, -0.15) is 0 Å². The number of H-pyrrole nitrogens is 1. The molecule has 40 heavy (non-hydrogen) atoms. The van der Waals surface area contributed by atoms with Gasteiger partial charge in [0.05, 0.1) is 19.2 Å². The molecule has 0 aliphatic carbocycles. The minimum absolute atomic E-state index is 0.200. The first kappa shape index (κ1) is 25.8. The summed E-state index contributed by atoms with van der Waals surface area (Å²) in [6.07, 6.45) is 0. The molecule has 9 nitrogen and oxygen atoms in total. The van der Waals surface area contributed by atoms with Crippen molar-refractivity contribution in [3.8, 4) is 5.75 Å². The van der Waals surface area contributed by atoms with E-state index in [4.69, 9.17) is 4.74 Å². The fourth-order valence-corrected chi connectivity index (χ4v) is 5.33. The number of nitrogens with one attached hydrogen (secondary N) is 1. The number of aromatic nitrogens is 5. The van der Waals surface area contributed by atoms with E-state index in [9.17, 15) is 9.18 Å². The van der Waals surface area contributed by atoms with E-state index in [-0.39, 0.29) is 11.4 Å². The number of ether oxygens (including phenoxy) is 1. The largest absolute Gasteiger partial charge is 0.497 e. The lowest BCUT2D eigenvalue weighted by Gasteiger charge is -2.38. The predicted octanol–water partition coefficient (Wildman–Crippen LogP) is 3.62. The molecule has 0 radical (unpaired) electrons. The zero-order valence-corrected chi connectivity index (χ0v) is 22.2. The van der Waals surface area contributed by atoms with E-state index in [1.807, 2.05) is 30.3 Å². The second kappa shape index (κ2) is 11.4. The van der Waals surface area contributed by atoms with Crippen LogP contribution in [0.15, 0.2) is 83.7 Å².